The third kappa shape index (κ3) is 2.75. The number of carbonyl (C=O) groups excluding carboxylic acids is 1. The van der Waals surface area contributed by atoms with Gasteiger partial charge in [0.2, 0.25) is 0 Å². The predicted octanol–water partition coefficient (Wildman–Crippen LogP) is 2.88. The first-order chi connectivity index (χ1) is 9.70. The zero-order valence-electron chi connectivity index (χ0n) is 10.2. The molecule has 1 amide bonds. The van der Waals surface area contributed by atoms with Crippen molar-refractivity contribution in [3.05, 3.63) is 53.3 Å². The molecule has 6 heteroatoms. The fourth-order valence-corrected chi connectivity index (χ4v) is 2.45. The highest BCUT2D eigenvalue weighted by molar-refractivity contribution is 8.18. The summed E-state index contributed by atoms with van der Waals surface area (Å²) in [5.74, 6) is 0.591. The largest absolute Gasteiger partial charge is 0.508 e. The van der Waals surface area contributed by atoms with E-state index in [4.69, 9.17) is 4.42 Å². The molecule has 0 unspecified atom stereocenters. The summed E-state index contributed by atoms with van der Waals surface area (Å²) >= 11 is 1.24. The summed E-state index contributed by atoms with van der Waals surface area (Å²) in [6.07, 6.45) is 3.22. The summed E-state index contributed by atoms with van der Waals surface area (Å²) < 4.78 is 5.17. The Morgan fingerprint density at radius 1 is 1.25 bits per heavy atom. The Kier molecular flexibility index (Phi) is 3.30. The average Bonchev–Trinajstić information content (AvgIpc) is 3.04. The molecule has 100 valence electrons. The molecule has 0 aliphatic carbocycles. The average molecular weight is 286 g/mol. The summed E-state index contributed by atoms with van der Waals surface area (Å²) in [6, 6.07) is 9.96. The highest BCUT2D eigenvalue weighted by atomic mass is 32.2. The van der Waals surface area contributed by atoms with Gasteiger partial charge in [-0.15, -0.1) is 0 Å². The minimum atomic E-state index is -0.205. The minimum absolute atomic E-state index is 0.176. The molecule has 2 heterocycles. The normalized spacial score (nSPS) is 18.7. The molecule has 20 heavy (non-hydrogen) atoms. The monoisotopic (exact) mass is 286 g/mol. The Morgan fingerprint density at radius 2 is 2.05 bits per heavy atom. The smallest absolute Gasteiger partial charge is 0.264 e. The third-order valence-corrected chi connectivity index (χ3v) is 3.46. The second-order valence-electron chi connectivity index (χ2n) is 4.01. The van der Waals surface area contributed by atoms with Crippen LogP contribution in [0.2, 0.25) is 0 Å². The van der Waals surface area contributed by atoms with E-state index in [1.165, 1.54) is 11.8 Å². The number of nitrogens with zero attached hydrogens (tertiary/aromatic N) is 1. The van der Waals surface area contributed by atoms with Gasteiger partial charge < -0.3 is 14.8 Å². The molecular weight excluding hydrogens is 276 g/mol. The van der Waals surface area contributed by atoms with Gasteiger partial charge in [-0.1, -0.05) is 0 Å². The lowest BCUT2D eigenvalue weighted by atomic mass is 10.3. The number of amides is 1. The molecule has 0 atom stereocenters. The van der Waals surface area contributed by atoms with Crippen LogP contribution < -0.4 is 5.32 Å². The molecule has 0 saturated carbocycles. The first kappa shape index (κ1) is 12.6. The first-order valence-electron chi connectivity index (χ1n) is 5.83. The van der Waals surface area contributed by atoms with Crippen LogP contribution in [0.3, 0.4) is 0 Å². The number of thioether (sulfide) groups is 1. The molecule has 0 bridgehead atoms. The quantitative estimate of drug-likeness (QED) is 0.832. The number of hydrogen-bond acceptors (Lipinski definition) is 5. The molecule has 1 aromatic heterocycles. The molecule has 1 aliphatic heterocycles. The lowest BCUT2D eigenvalue weighted by Gasteiger charge is -1.96. The predicted molar refractivity (Wildman–Crippen MR) is 77.6 cm³/mol. The van der Waals surface area contributed by atoms with Gasteiger partial charge in [-0.05, 0) is 48.2 Å². The molecule has 0 spiro atoms. The zero-order valence-corrected chi connectivity index (χ0v) is 11.1. The number of nitrogens with one attached hydrogen (secondary N) is 1. The molecular formula is C14H10N2O3S. The van der Waals surface area contributed by atoms with E-state index in [1.807, 2.05) is 0 Å². The highest BCUT2D eigenvalue weighted by Crippen LogP contribution is 2.28. The number of aliphatic imine (C=N–C) groups is 1. The number of amidine groups is 1. The van der Waals surface area contributed by atoms with E-state index in [0.29, 0.717) is 21.5 Å². The van der Waals surface area contributed by atoms with Gasteiger partial charge in [-0.3, -0.25) is 4.79 Å². The molecule has 2 aromatic rings. The Bertz CT molecular complexity index is 688. The second kappa shape index (κ2) is 5.26. The molecule has 1 saturated heterocycles. The topological polar surface area (TPSA) is 74.8 Å². The van der Waals surface area contributed by atoms with E-state index in [1.54, 1.807) is 48.7 Å². The Balaban J connectivity index is 1.81. The van der Waals surface area contributed by atoms with E-state index in [2.05, 4.69) is 10.3 Å². The third-order valence-electron chi connectivity index (χ3n) is 2.55. The van der Waals surface area contributed by atoms with Crippen molar-refractivity contribution in [2.24, 2.45) is 4.99 Å². The fourth-order valence-electron chi connectivity index (χ4n) is 1.63. The summed E-state index contributed by atoms with van der Waals surface area (Å²) in [5, 5.41) is 12.4. The molecule has 1 aliphatic rings. The van der Waals surface area contributed by atoms with Crippen LogP contribution in [0.25, 0.3) is 6.08 Å². The van der Waals surface area contributed by atoms with Gasteiger partial charge in [0.25, 0.3) is 5.91 Å². The number of phenols is 1. The Hall–Kier alpha value is -2.47. The van der Waals surface area contributed by atoms with E-state index in [9.17, 15) is 9.90 Å². The van der Waals surface area contributed by atoms with Gasteiger partial charge in [0.1, 0.15) is 11.5 Å². The second-order valence-corrected chi connectivity index (χ2v) is 5.04. The van der Waals surface area contributed by atoms with Gasteiger partial charge in [-0.25, -0.2) is 4.99 Å². The van der Waals surface area contributed by atoms with Crippen LogP contribution in [0, 0.1) is 0 Å². The van der Waals surface area contributed by atoms with E-state index in [-0.39, 0.29) is 11.7 Å². The zero-order chi connectivity index (χ0) is 13.9. The van der Waals surface area contributed by atoms with Crippen LogP contribution in [0.4, 0.5) is 5.69 Å². The van der Waals surface area contributed by atoms with Gasteiger partial charge in [0.05, 0.1) is 16.9 Å². The number of carbonyl (C=O) groups is 1. The van der Waals surface area contributed by atoms with Gasteiger partial charge in [-0.2, -0.15) is 0 Å². The first-order valence-corrected chi connectivity index (χ1v) is 6.64. The van der Waals surface area contributed by atoms with E-state index < -0.39 is 0 Å². The molecule has 2 N–H and O–H groups in total. The minimum Gasteiger partial charge on any atom is -0.508 e. The fraction of sp³-hybridized carbons (Fsp3) is 0. The van der Waals surface area contributed by atoms with Gasteiger partial charge >= 0.3 is 0 Å². The number of aromatic hydroxyl groups is 1. The highest BCUT2D eigenvalue weighted by Gasteiger charge is 2.24. The molecule has 1 fully saturated rings. The summed E-state index contributed by atoms with van der Waals surface area (Å²) in [5.41, 5.74) is 0.657. The van der Waals surface area contributed by atoms with E-state index >= 15 is 0 Å². The van der Waals surface area contributed by atoms with Crippen LogP contribution in [-0.2, 0) is 4.79 Å². The van der Waals surface area contributed by atoms with Crippen molar-refractivity contribution >= 4 is 34.6 Å². The van der Waals surface area contributed by atoms with Crippen LogP contribution in [-0.4, -0.2) is 16.2 Å². The molecule has 5 nitrogen and oxygen atoms in total. The lowest BCUT2D eigenvalue weighted by Crippen LogP contribution is -2.19. The number of rotatable bonds is 2. The maximum absolute atomic E-state index is 11.8. The van der Waals surface area contributed by atoms with Gasteiger partial charge in [0, 0.05) is 6.08 Å². The summed E-state index contributed by atoms with van der Waals surface area (Å²) in [4.78, 5) is 16.6. The molecule has 0 radical (unpaired) electrons. The number of phenolic OH excluding ortho intramolecular Hbond substituents is 1. The number of hydrogen-bond donors (Lipinski definition) is 2. The van der Waals surface area contributed by atoms with Crippen molar-refractivity contribution in [2.45, 2.75) is 0 Å². The Labute approximate surface area is 119 Å². The van der Waals surface area contributed by atoms with Crippen LogP contribution >= 0.6 is 11.8 Å². The van der Waals surface area contributed by atoms with Crippen molar-refractivity contribution in [1.82, 2.24) is 5.32 Å². The number of furan rings is 1. The maximum Gasteiger partial charge on any atom is 0.264 e. The van der Waals surface area contributed by atoms with Gasteiger partial charge in [0.15, 0.2) is 5.17 Å². The molecule has 3 rings (SSSR count). The Morgan fingerprint density at radius 3 is 2.75 bits per heavy atom. The van der Waals surface area contributed by atoms with Crippen molar-refractivity contribution in [3.8, 4) is 5.75 Å². The lowest BCUT2D eigenvalue weighted by molar-refractivity contribution is -0.115. The van der Waals surface area contributed by atoms with Crippen LogP contribution in [0.5, 0.6) is 5.75 Å². The van der Waals surface area contributed by atoms with Crippen molar-refractivity contribution < 1.29 is 14.3 Å². The van der Waals surface area contributed by atoms with Crippen molar-refractivity contribution in [3.63, 3.8) is 0 Å². The summed E-state index contributed by atoms with van der Waals surface area (Å²) in [6.45, 7) is 0. The van der Waals surface area contributed by atoms with Crippen molar-refractivity contribution in [1.29, 1.82) is 0 Å². The van der Waals surface area contributed by atoms with Crippen molar-refractivity contribution in [2.75, 3.05) is 0 Å². The summed E-state index contributed by atoms with van der Waals surface area (Å²) in [7, 11) is 0. The van der Waals surface area contributed by atoms with E-state index in [0.717, 1.165) is 0 Å². The number of benzene rings is 1. The van der Waals surface area contributed by atoms with Crippen LogP contribution in [0.1, 0.15) is 5.76 Å². The van der Waals surface area contributed by atoms with Crippen LogP contribution in [0.15, 0.2) is 57.0 Å². The SMILES string of the molecule is O=C1NC(=Nc2ccc(O)cc2)S/C1=C\c1ccco1. The molecule has 1 aromatic carbocycles. The standard InChI is InChI=1S/C14H10N2O3S/c17-10-5-3-9(4-6-10)15-14-16-13(18)12(20-14)8-11-2-1-7-19-11/h1-8,17H,(H,15,16,18)/b12-8-. The maximum atomic E-state index is 11.8.